The summed E-state index contributed by atoms with van der Waals surface area (Å²) in [5.41, 5.74) is 3.04. The van der Waals surface area contributed by atoms with Crippen molar-refractivity contribution in [2.45, 2.75) is 6.18 Å². The predicted octanol–water partition coefficient (Wildman–Crippen LogP) is 5.09. The monoisotopic (exact) mass is 440 g/mol. The smallest absolute Gasteiger partial charge is 0.368 e. The van der Waals surface area contributed by atoms with Gasteiger partial charge in [0.05, 0.1) is 11.3 Å². The van der Waals surface area contributed by atoms with Crippen LogP contribution in [0.25, 0.3) is 0 Å². The third kappa shape index (κ3) is 4.86. The highest BCUT2D eigenvalue weighted by atomic mass is 19.4. The van der Waals surface area contributed by atoms with Gasteiger partial charge in [0.2, 0.25) is 0 Å². The van der Waals surface area contributed by atoms with E-state index >= 15 is 0 Å². The molecule has 0 radical (unpaired) electrons. The van der Waals surface area contributed by atoms with Crippen LogP contribution in [0.3, 0.4) is 0 Å². The van der Waals surface area contributed by atoms with Crippen LogP contribution in [-0.4, -0.2) is 37.2 Å². The van der Waals surface area contributed by atoms with Crippen molar-refractivity contribution in [3.8, 4) is 0 Å². The maximum Gasteiger partial charge on any atom is 0.418 e. The van der Waals surface area contributed by atoms with Crippen LogP contribution in [0.15, 0.2) is 83.9 Å². The Bertz CT molecular complexity index is 1060. The molecule has 0 bridgehead atoms. The Morgan fingerprint density at radius 3 is 2.00 bits per heavy atom. The number of aliphatic imine (C=N–C) groups is 1. The Hall–Kier alpha value is -3.52. The minimum Gasteiger partial charge on any atom is -0.368 e. The van der Waals surface area contributed by atoms with Gasteiger partial charge in [-0.25, -0.2) is 4.99 Å². The summed E-state index contributed by atoms with van der Waals surface area (Å²) in [6.45, 7) is 2.20. The summed E-state index contributed by atoms with van der Waals surface area (Å²) >= 11 is 0. The second kappa shape index (κ2) is 9.32. The summed E-state index contributed by atoms with van der Waals surface area (Å²) in [5, 5.41) is 9.51. The molecule has 1 aliphatic heterocycles. The lowest BCUT2D eigenvalue weighted by atomic mass is 10.1. The number of hydrogen-bond donors (Lipinski definition) is 2. The lowest BCUT2D eigenvalue weighted by molar-refractivity contribution is -0.137. The molecule has 3 aromatic rings. The molecule has 5 nitrogen and oxygen atoms in total. The number of rotatable bonds is 4. The fourth-order valence-corrected chi connectivity index (χ4v) is 3.82. The van der Waals surface area contributed by atoms with Crippen molar-refractivity contribution in [1.82, 2.24) is 5.48 Å². The first-order chi connectivity index (χ1) is 15.5. The van der Waals surface area contributed by atoms with Crippen LogP contribution in [0.2, 0.25) is 0 Å². The molecule has 0 spiro atoms. The molecule has 8 heteroatoms. The van der Waals surface area contributed by atoms with E-state index in [0.29, 0.717) is 31.9 Å². The summed E-state index contributed by atoms with van der Waals surface area (Å²) in [7, 11) is 0. The third-order valence-electron chi connectivity index (χ3n) is 5.42. The van der Waals surface area contributed by atoms with Gasteiger partial charge < -0.3 is 9.80 Å². The van der Waals surface area contributed by atoms with E-state index in [1.54, 1.807) is 41.3 Å². The molecule has 1 saturated heterocycles. The van der Waals surface area contributed by atoms with Gasteiger partial charge in [-0.05, 0) is 42.5 Å². The average molecular weight is 440 g/mol. The topological polar surface area (TPSA) is 51.1 Å². The van der Waals surface area contributed by atoms with Gasteiger partial charge in [0, 0.05) is 43.1 Å². The Morgan fingerprint density at radius 2 is 1.41 bits per heavy atom. The van der Waals surface area contributed by atoms with E-state index in [9.17, 15) is 18.4 Å². The Labute approximate surface area is 184 Å². The van der Waals surface area contributed by atoms with Crippen molar-refractivity contribution < 1.29 is 18.4 Å². The first-order valence-electron chi connectivity index (χ1n) is 10.3. The molecular formula is C24H23F3N4O. The van der Waals surface area contributed by atoms with Gasteiger partial charge in [-0.15, -0.1) is 0 Å². The number of piperazine rings is 1. The molecule has 0 saturated carbocycles. The molecule has 4 rings (SSSR count). The van der Waals surface area contributed by atoms with Crippen LogP contribution in [-0.2, 0) is 6.18 Å². The number of nitrogens with zero attached hydrogens (tertiary/aromatic N) is 3. The fourth-order valence-electron chi connectivity index (χ4n) is 3.82. The number of halogens is 3. The average Bonchev–Trinajstić information content (AvgIpc) is 2.83. The number of hydroxylamine groups is 1. The minimum atomic E-state index is -4.55. The highest BCUT2D eigenvalue weighted by Crippen LogP contribution is 2.38. The van der Waals surface area contributed by atoms with Crippen molar-refractivity contribution in [2.75, 3.05) is 36.0 Å². The van der Waals surface area contributed by atoms with Crippen molar-refractivity contribution in [3.63, 3.8) is 0 Å². The molecule has 0 aliphatic carbocycles. The van der Waals surface area contributed by atoms with Crippen molar-refractivity contribution in [1.29, 1.82) is 0 Å². The zero-order chi connectivity index (χ0) is 22.6. The van der Waals surface area contributed by atoms with Gasteiger partial charge in [0.15, 0.2) is 5.84 Å². The second-order valence-electron chi connectivity index (χ2n) is 7.45. The first kappa shape index (κ1) is 21.7. The molecule has 32 heavy (non-hydrogen) atoms. The van der Waals surface area contributed by atoms with Gasteiger partial charge in [-0.2, -0.15) is 13.2 Å². The summed E-state index contributed by atoms with van der Waals surface area (Å²) in [4.78, 5) is 8.15. The van der Waals surface area contributed by atoms with Gasteiger partial charge in [0.1, 0.15) is 0 Å². The van der Waals surface area contributed by atoms with Crippen molar-refractivity contribution in [3.05, 3.63) is 90.0 Å². The lowest BCUT2D eigenvalue weighted by Gasteiger charge is -2.38. The van der Waals surface area contributed by atoms with E-state index in [1.807, 2.05) is 35.8 Å². The van der Waals surface area contributed by atoms with Crippen LogP contribution in [0.5, 0.6) is 0 Å². The van der Waals surface area contributed by atoms with E-state index in [0.717, 1.165) is 11.8 Å². The highest BCUT2D eigenvalue weighted by molar-refractivity contribution is 6.00. The Balaban J connectivity index is 1.60. The number of benzene rings is 3. The van der Waals surface area contributed by atoms with Crippen LogP contribution in [0, 0.1) is 0 Å². The summed E-state index contributed by atoms with van der Waals surface area (Å²) in [6.07, 6.45) is -4.55. The quantitative estimate of drug-likeness (QED) is 0.337. The lowest BCUT2D eigenvalue weighted by Crippen LogP contribution is -2.47. The standard InChI is InChI=1S/C24H23F3N4O/c25-24(26,27)21-17-18(23(29-32)28-19-7-3-1-4-8-19)11-12-22(21)31-15-13-30(14-16-31)20-9-5-2-6-10-20/h1-12,17,32H,13-16H2,(H,28,29). The number of alkyl halides is 3. The van der Waals surface area contributed by atoms with Crippen LogP contribution < -0.4 is 15.3 Å². The van der Waals surface area contributed by atoms with Crippen LogP contribution >= 0.6 is 0 Å². The number of hydrogen-bond acceptors (Lipinski definition) is 4. The van der Waals surface area contributed by atoms with Gasteiger partial charge in [0.25, 0.3) is 0 Å². The molecule has 3 aromatic carbocycles. The van der Waals surface area contributed by atoms with Gasteiger partial charge >= 0.3 is 6.18 Å². The molecular weight excluding hydrogens is 417 g/mol. The molecule has 1 heterocycles. The first-order valence-corrected chi connectivity index (χ1v) is 10.3. The Kier molecular flexibility index (Phi) is 6.32. The number of para-hydroxylation sites is 2. The molecule has 1 fully saturated rings. The van der Waals surface area contributed by atoms with E-state index in [4.69, 9.17) is 0 Å². The fraction of sp³-hybridized carbons (Fsp3) is 0.208. The number of amidine groups is 1. The number of nitrogens with one attached hydrogen (secondary N) is 1. The molecule has 1 aliphatic rings. The molecule has 2 N–H and O–H groups in total. The molecule has 0 atom stereocenters. The van der Waals surface area contributed by atoms with Gasteiger partial charge in [-0.3, -0.25) is 10.7 Å². The summed E-state index contributed by atoms with van der Waals surface area (Å²) in [6, 6.07) is 22.6. The highest BCUT2D eigenvalue weighted by Gasteiger charge is 2.36. The van der Waals surface area contributed by atoms with Crippen molar-refractivity contribution in [2.24, 2.45) is 4.99 Å². The number of anilines is 2. The SMILES string of the molecule is ONC(=Nc1ccccc1)c1ccc(N2CCN(c3ccccc3)CC2)c(C(F)(F)F)c1. The maximum absolute atomic E-state index is 14.0. The maximum atomic E-state index is 14.0. The van der Waals surface area contributed by atoms with Gasteiger partial charge in [-0.1, -0.05) is 36.4 Å². The van der Waals surface area contributed by atoms with E-state index in [1.165, 1.54) is 6.07 Å². The predicted molar refractivity (Wildman–Crippen MR) is 120 cm³/mol. The van der Waals surface area contributed by atoms with Crippen LogP contribution in [0.1, 0.15) is 11.1 Å². The Morgan fingerprint density at radius 1 is 0.812 bits per heavy atom. The van der Waals surface area contributed by atoms with E-state index in [2.05, 4.69) is 9.89 Å². The third-order valence-corrected chi connectivity index (χ3v) is 5.42. The largest absolute Gasteiger partial charge is 0.418 e. The molecule has 166 valence electrons. The molecule has 0 amide bonds. The van der Waals surface area contributed by atoms with Crippen molar-refractivity contribution >= 4 is 22.9 Å². The normalized spacial score (nSPS) is 15.1. The molecule has 0 unspecified atom stereocenters. The van der Waals surface area contributed by atoms with E-state index < -0.39 is 11.7 Å². The zero-order valence-electron chi connectivity index (χ0n) is 17.3. The molecule has 0 aromatic heterocycles. The second-order valence-corrected chi connectivity index (χ2v) is 7.45. The minimum absolute atomic E-state index is 0.0536. The zero-order valence-corrected chi connectivity index (χ0v) is 17.3. The summed E-state index contributed by atoms with van der Waals surface area (Å²) in [5.74, 6) is -0.0536. The summed E-state index contributed by atoms with van der Waals surface area (Å²) < 4.78 is 41.9. The van der Waals surface area contributed by atoms with Crippen LogP contribution in [0.4, 0.5) is 30.2 Å². The van der Waals surface area contributed by atoms with E-state index in [-0.39, 0.29) is 17.1 Å².